The van der Waals surface area contributed by atoms with Crippen LogP contribution in [0.25, 0.3) is 0 Å². The fourth-order valence-corrected chi connectivity index (χ4v) is 2.62. The molecule has 0 saturated carbocycles. The standard InChI is InChI=1S/C21H34N2O3/c1-5-6-14-25-20-16-18(2)21(19(3)17-20)26-15-10-8-7-9-11-22-12-13-23-24-4/h5-6,13,16-17,22H,7-12,14-15H2,1-4H3/b6-5+,23-13+. The summed E-state index contributed by atoms with van der Waals surface area (Å²) in [5.74, 6) is 1.89. The molecule has 0 aromatic heterocycles. The predicted molar refractivity (Wildman–Crippen MR) is 109 cm³/mol. The van der Waals surface area contributed by atoms with Crippen molar-refractivity contribution in [2.75, 3.05) is 33.4 Å². The van der Waals surface area contributed by atoms with Crippen molar-refractivity contribution in [2.45, 2.75) is 46.5 Å². The average Bonchev–Trinajstić information content (AvgIpc) is 2.62. The lowest BCUT2D eigenvalue weighted by Crippen LogP contribution is -2.17. The molecule has 26 heavy (non-hydrogen) atoms. The molecule has 0 saturated heterocycles. The highest BCUT2D eigenvalue weighted by Gasteiger charge is 2.07. The molecule has 0 atom stereocenters. The molecular weight excluding hydrogens is 328 g/mol. The Hall–Kier alpha value is -2.01. The number of unbranched alkanes of at least 4 members (excludes halogenated alkanes) is 3. The second kappa shape index (κ2) is 14.2. The van der Waals surface area contributed by atoms with Crippen LogP contribution in [-0.4, -0.2) is 39.6 Å². The van der Waals surface area contributed by atoms with Crippen molar-refractivity contribution in [3.05, 3.63) is 35.4 Å². The molecule has 5 heteroatoms. The molecule has 0 fully saturated rings. The quantitative estimate of drug-likeness (QED) is 0.230. The Morgan fingerprint density at radius 3 is 2.46 bits per heavy atom. The maximum atomic E-state index is 6.00. The van der Waals surface area contributed by atoms with Gasteiger partial charge in [0.2, 0.25) is 0 Å². The lowest BCUT2D eigenvalue weighted by Gasteiger charge is -2.14. The third-order valence-corrected chi connectivity index (χ3v) is 3.93. The molecule has 5 nitrogen and oxygen atoms in total. The van der Waals surface area contributed by atoms with Crippen LogP contribution in [-0.2, 0) is 4.84 Å². The summed E-state index contributed by atoms with van der Waals surface area (Å²) in [5, 5.41) is 6.98. The van der Waals surface area contributed by atoms with Gasteiger partial charge in [0, 0.05) is 6.54 Å². The van der Waals surface area contributed by atoms with E-state index in [1.807, 2.05) is 31.2 Å². The van der Waals surface area contributed by atoms with Gasteiger partial charge in [0.15, 0.2) is 0 Å². The van der Waals surface area contributed by atoms with Gasteiger partial charge >= 0.3 is 0 Å². The third kappa shape index (κ3) is 9.47. The summed E-state index contributed by atoms with van der Waals surface area (Å²) in [6, 6.07) is 4.09. The van der Waals surface area contributed by atoms with Gasteiger partial charge in [-0.15, -0.1) is 0 Å². The summed E-state index contributed by atoms with van der Waals surface area (Å²) in [6.45, 7) is 9.25. The van der Waals surface area contributed by atoms with E-state index in [0.29, 0.717) is 6.61 Å². The summed E-state index contributed by atoms with van der Waals surface area (Å²) < 4.78 is 11.7. The van der Waals surface area contributed by atoms with Crippen molar-refractivity contribution < 1.29 is 14.3 Å². The number of rotatable bonds is 14. The van der Waals surface area contributed by atoms with Gasteiger partial charge in [-0.2, -0.15) is 0 Å². The maximum absolute atomic E-state index is 6.00. The van der Waals surface area contributed by atoms with Crippen molar-refractivity contribution >= 4 is 6.21 Å². The zero-order valence-corrected chi connectivity index (χ0v) is 16.7. The number of aryl methyl sites for hydroxylation is 2. The van der Waals surface area contributed by atoms with E-state index >= 15 is 0 Å². The van der Waals surface area contributed by atoms with Gasteiger partial charge in [-0.05, 0) is 63.4 Å². The Kier molecular flexibility index (Phi) is 12.0. The summed E-state index contributed by atoms with van der Waals surface area (Å²) in [7, 11) is 1.55. The average molecular weight is 363 g/mol. The minimum atomic E-state index is 0.601. The fraction of sp³-hybridized carbons (Fsp3) is 0.571. The second-order valence-corrected chi connectivity index (χ2v) is 6.20. The van der Waals surface area contributed by atoms with Crippen LogP contribution in [0.1, 0.15) is 43.7 Å². The maximum Gasteiger partial charge on any atom is 0.125 e. The molecule has 0 bridgehead atoms. The van der Waals surface area contributed by atoms with Gasteiger partial charge in [0.25, 0.3) is 0 Å². The Morgan fingerprint density at radius 2 is 1.77 bits per heavy atom. The van der Waals surface area contributed by atoms with Crippen LogP contribution in [0.15, 0.2) is 29.4 Å². The van der Waals surface area contributed by atoms with Crippen LogP contribution in [0, 0.1) is 13.8 Å². The molecule has 0 amide bonds. The smallest absolute Gasteiger partial charge is 0.125 e. The number of nitrogens with one attached hydrogen (secondary N) is 1. The topological polar surface area (TPSA) is 52.1 Å². The van der Waals surface area contributed by atoms with Gasteiger partial charge in [-0.25, -0.2) is 0 Å². The molecule has 0 spiro atoms. The molecule has 0 unspecified atom stereocenters. The first kappa shape index (κ1) is 22.0. The lowest BCUT2D eigenvalue weighted by molar-refractivity contribution is 0.214. The lowest BCUT2D eigenvalue weighted by atomic mass is 10.1. The van der Waals surface area contributed by atoms with E-state index in [2.05, 4.69) is 29.2 Å². The molecule has 1 aromatic carbocycles. The number of hydrogen-bond acceptors (Lipinski definition) is 5. The number of oxime groups is 1. The summed E-state index contributed by atoms with van der Waals surface area (Å²) in [4.78, 5) is 4.60. The molecule has 146 valence electrons. The van der Waals surface area contributed by atoms with E-state index in [9.17, 15) is 0 Å². The van der Waals surface area contributed by atoms with Gasteiger partial charge in [-0.3, -0.25) is 0 Å². The van der Waals surface area contributed by atoms with E-state index in [4.69, 9.17) is 9.47 Å². The van der Waals surface area contributed by atoms with Crippen LogP contribution < -0.4 is 14.8 Å². The first-order valence-electron chi connectivity index (χ1n) is 9.42. The van der Waals surface area contributed by atoms with Gasteiger partial charge < -0.3 is 19.6 Å². The van der Waals surface area contributed by atoms with Crippen LogP contribution in [0.2, 0.25) is 0 Å². The Bertz CT molecular complexity index is 533. The minimum Gasteiger partial charge on any atom is -0.493 e. The largest absolute Gasteiger partial charge is 0.493 e. The monoisotopic (exact) mass is 362 g/mol. The molecule has 1 rings (SSSR count). The number of hydrogen-bond donors (Lipinski definition) is 1. The fourth-order valence-electron chi connectivity index (χ4n) is 2.62. The third-order valence-electron chi connectivity index (χ3n) is 3.93. The Balaban J connectivity index is 2.19. The highest BCUT2D eigenvalue weighted by Crippen LogP contribution is 2.28. The highest BCUT2D eigenvalue weighted by atomic mass is 16.6. The first-order chi connectivity index (χ1) is 12.7. The zero-order chi connectivity index (χ0) is 19.0. The van der Waals surface area contributed by atoms with Gasteiger partial charge in [0.05, 0.1) is 12.8 Å². The summed E-state index contributed by atoms with van der Waals surface area (Å²) in [6.07, 6.45) is 10.3. The Labute approximate surface area is 158 Å². The normalized spacial score (nSPS) is 11.4. The molecule has 0 aliphatic rings. The van der Waals surface area contributed by atoms with Crippen LogP contribution in [0.5, 0.6) is 11.5 Å². The zero-order valence-electron chi connectivity index (χ0n) is 16.7. The van der Waals surface area contributed by atoms with Crippen molar-refractivity contribution in [1.29, 1.82) is 0 Å². The van der Waals surface area contributed by atoms with Gasteiger partial charge in [0.1, 0.15) is 25.2 Å². The summed E-state index contributed by atoms with van der Waals surface area (Å²) in [5.41, 5.74) is 2.25. The summed E-state index contributed by atoms with van der Waals surface area (Å²) >= 11 is 0. The van der Waals surface area contributed by atoms with E-state index in [1.54, 1.807) is 13.3 Å². The minimum absolute atomic E-state index is 0.601. The van der Waals surface area contributed by atoms with Gasteiger partial charge in [-0.1, -0.05) is 30.1 Å². The van der Waals surface area contributed by atoms with Crippen molar-refractivity contribution in [2.24, 2.45) is 5.16 Å². The molecule has 0 aliphatic carbocycles. The molecule has 0 aliphatic heterocycles. The number of ether oxygens (including phenoxy) is 2. The van der Waals surface area contributed by atoms with E-state index < -0.39 is 0 Å². The predicted octanol–water partition coefficient (Wildman–Crippen LogP) is 4.42. The van der Waals surface area contributed by atoms with Crippen molar-refractivity contribution in [1.82, 2.24) is 5.32 Å². The second-order valence-electron chi connectivity index (χ2n) is 6.20. The molecule has 1 N–H and O–H groups in total. The van der Waals surface area contributed by atoms with Crippen molar-refractivity contribution in [3.63, 3.8) is 0 Å². The first-order valence-corrected chi connectivity index (χ1v) is 9.42. The van der Waals surface area contributed by atoms with E-state index in [0.717, 1.165) is 55.2 Å². The Morgan fingerprint density at radius 1 is 1.04 bits per heavy atom. The van der Waals surface area contributed by atoms with Crippen LogP contribution in [0.4, 0.5) is 0 Å². The van der Waals surface area contributed by atoms with E-state index in [-0.39, 0.29) is 0 Å². The van der Waals surface area contributed by atoms with Crippen LogP contribution in [0.3, 0.4) is 0 Å². The van der Waals surface area contributed by atoms with Crippen molar-refractivity contribution in [3.8, 4) is 11.5 Å². The van der Waals surface area contributed by atoms with E-state index in [1.165, 1.54) is 12.8 Å². The highest BCUT2D eigenvalue weighted by molar-refractivity contribution is 5.58. The number of benzene rings is 1. The SMILES string of the molecule is C/C=C/COc1cc(C)c(OCCCCCCNC/C=N/OC)c(C)c1. The number of allylic oxidation sites excluding steroid dienone is 1. The number of nitrogens with zero attached hydrogens (tertiary/aromatic N) is 1. The molecule has 0 radical (unpaired) electrons. The molecule has 1 aromatic rings. The molecule has 0 heterocycles. The van der Waals surface area contributed by atoms with Crippen LogP contribution >= 0.6 is 0 Å². The molecular formula is C21H34N2O3.